The first-order valence-corrected chi connectivity index (χ1v) is 6.63. The molecule has 0 saturated heterocycles. The second kappa shape index (κ2) is 5.38. The molecule has 0 aromatic heterocycles. The fourth-order valence-corrected chi connectivity index (χ4v) is 2.29. The zero-order chi connectivity index (χ0) is 12.4. The maximum Gasteiger partial charge on any atom is 0.130 e. The number of rotatable bonds is 4. The van der Waals surface area contributed by atoms with E-state index >= 15 is 0 Å². The van der Waals surface area contributed by atoms with E-state index in [1.165, 1.54) is 0 Å². The molecule has 0 spiro atoms. The molecule has 94 valence electrons. The topological polar surface area (TPSA) is 38.7 Å². The maximum absolute atomic E-state index is 9.60. The summed E-state index contributed by atoms with van der Waals surface area (Å²) >= 11 is 3.42. The number of aliphatic hydroxyl groups excluding tert-OH is 1. The van der Waals surface area contributed by atoms with E-state index in [0.717, 1.165) is 15.8 Å². The standard InChI is InChI=1S/C13H17BrO3/c1-3-16-13-10(15)7-12(13)17-11-6-9(14)5-4-8(11)2/h4-6,10,12-13,15H,3,7H2,1-2H3. The van der Waals surface area contributed by atoms with Gasteiger partial charge in [-0.1, -0.05) is 22.0 Å². The second-order valence-electron chi connectivity index (χ2n) is 4.29. The summed E-state index contributed by atoms with van der Waals surface area (Å²) in [6, 6.07) is 5.94. The molecule has 0 bridgehead atoms. The largest absolute Gasteiger partial charge is 0.487 e. The lowest BCUT2D eigenvalue weighted by atomic mass is 9.88. The predicted molar refractivity (Wildman–Crippen MR) is 69.3 cm³/mol. The van der Waals surface area contributed by atoms with Gasteiger partial charge < -0.3 is 14.6 Å². The van der Waals surface area contributed by atoms with E-state index in [1.807, 2.05) is 32.0 Å². The third-order valence-corrected chi connectivity index (χ3v) is 3.50. The van der Waals surface area contributed by atoms with E-state index in [1.54, 1.807) is 0 Å². The molecule has 1 fully saturated rings. The van der Waals surface area contributed by atoms with Gasteiger partial charge in [0.05, 0.1) is 6.10 Å². The molecule has 1 saturated carbocycles. The van der Waals surface area contributed by atoms with Crippen molar-refractivity contribution in [3.8, 4) is 5.75 Å². The van der Waals surface area contributed by atoms with Crippen molar-refractivity contribution in [1.29, 1.82) is 0 Å². The molecule has 0 radical (unpaired) electrons. The van der Waals surface area contributed by atoms with E-state index < -0.39 is 6.10 Å². The van der Waals surface area contributed by atoms with E-state index in [0.29, 0.717) is 13.0 Å². The monoisotopic (exact) mass is 300 g/mol. The van der Waals surface area contributed by atoms with Crippen molar-refractivity contribution >= 4 is 15.9 Å². The van der Waals surface area contributed by atoms with Gasteiger partial charge in [-0.2, -0.15) is 0 Å². The molecule has 1 aromatic carbocycles. The van der Waals surface area contributed by atoms with Crippen molar-refractivity contribution in [2.75, 3.05) is 6.61 Å². The van der Waals surface area contributed by atoms with Crippen LogP contribution in [-0.4, -0.2) is 30.0 Å². The number of hydrogen-bond donors (Lipinski definition) is 1. The predicted octanol–water partition coefficient (Wildman–Crippen LogP) is 2.67. The third kappa shape index (κ3) is 2.81. The van der Waals surface area contributed by atoms with Crippen molar-refractivity contribution in [3.63, 3.8) is 0 Å². The molecule has 0 heterocycles. The first kappa shape index (κ1) is 12.9. The SMILES string of the molecule is CCOC1C(O)CC1Oc1cc(Br)ccc1C. The molecule has 3 atom stereocenters. The Morgan fingerprint density at radius 3 is 2.88 bits per heavy atom. The number of aryl methyl sites for hydroxylation is 1. The Labute approximate surface area is 110 Å². The van der Waals surface area contributed by atoms with Crippen LogP contribution in [0.5, 0.6) is 5.75 Å². The Bertz CT molecular complexity index is 394. The molecule has 1 aliphatic rings. The van der Waals surface area contributed by atoms with Crippen LogP contribution in [0, 0.1) is 6.92 Å². The van der Waals surface area contributed by atoms with Gasteiger partial charge in [0.2, 0.25) is 0 Å². The molecule has 17 heavy (non-hydrogen) atoms. The van der Waals surface area contributed by atoms with Gasteiger partial charge in [0.25, 0.3) is 0 Å². The fraction of sp³-hybridized carbons (Fsp3) is 0.538. The molecule has 1 N–H and O–H groups in total. The molecule has 1 aliphatic carbocycles. The van der Waals surface area contributed by atoms with E-state index in [9.17, 15) is 5.11 Å². The van der Waals surface area contributed by atoms with Gasteiger partial charge in [0.15, 0.2) is 0 Å². The highest BCUT2D eigenvalue weighted by atomic mass is 79.9. The molecule has 1 aromatic rings. The van der Waals surface area contributed by atoms with Crippen LogP contribution < -0.4 is 4.74 Å². The maximum atomic E-state index is 9.60. The molecule has 3 unspecified atom stereocenters. The lowest BCUT2D eigenvalue weighted by Crippen LogP contribution is -2.55. The first-order valence-electron chi connectivity index (χ1n) is 5.84. The number of halogens is 1. The van der Waals surface area contributed by atoms with E-state index in [2.05, 4.69) is 15.9 Å². The van der Waals surface area contributed by atoms with Crippen LogP contribution in [0.3, 0.4) is 0 Å². The first-order chi connectivity index (χ1) is 8.11. The number of ether oxygens (including phenoxy) is 2. The second-order valence-corrected chi connectivity index (χ2v) is 5.20. The van der Waals surface area contributed by atoms with Gasteiger partial charge >= 0.3 is 0 Å². The van der Waals surface area contributed by atoms with Gasteiger partial charge in [0, 0.05) is 17.5 Å². The van der Waals surface area contributed by atoms with Crippen LogP contribution >= 0.6 is 15.9 Å². The smallest absolute Gasteiger partial charge is 0.130 e. The van der Waals surface area contributed by atoms with Crippen LogP contribution in [0.1, 0.15) is 18.9 Å². The zero-order valence-electron chi connectivity index (χ0n) is 10.0. The summed E-state index contributed by atoms with van der Waals surface area (Å²) < 4.78 is 12.3. The van der Waals surface area contributed by atoms with Gasteiger partial charge in [-0.05, 0) is 31.5 Å². The molecule has 3 nitrogen and oxygen atoms in total. The van der Waals surface area contributed by atoms with Gasteiger partial charge in [-0.3, -0.25) is 0 Å². The van der Waals surface area contributed by atoms with Gasteiger partial charge in [0.1, 0.15) is 18.0 Å². The zero-order valence-corrected chi connectivity index (χ0v) is 11.6. The van der Waals surface area contributed by atoms with Crippen LogP contribution in [0.15, 0.2) is 22.7 Å². The Hall–Kier alpha value is -0.580. The summed E-state index contributed by atoms with van der Waals surface area (Å²) in [4.78, 5) is 0. The Morgan fingerprint density at radius 2 is 2.24 bits per heavy atom. The van der Waals surface area contributed by atoms with Gasteiger partial charge in [-0.15, -0.1) is 0 Å². The van der Waals surface area contributed by atoms with Crippen LogP contribution in [0.2, 0.25) is 0 Å². The summed E-state index contributed by atoms with van der Waals surface area (Å²) in [5.41, 5.74) is 1.09. The third-order valence-electron chi connectivity index (χ3n) is 3.01. The lowest BCUT2D eigenvalue weighted by Gasteiger charge is -2.40. The van der Waals surface area contributed by atoms with E-state index in [4.69, 9.17) is 9.47 Å². The van der Waals surface area contributed by atoms with Crippen LogP contribution in [0.4, 0.5) is 0 Å². The highest BCUT2D eigenvalue weighted by Crippen LogP contribution is 2.31. The normalized spacial score (nSPS) is 27.6. The summed E-state index contributed by atoms with van der Waals surface area (Å²) in [5.74, 6) is 0.848. The average Bonchev–Trinajstić information content (AvgIpc) is 2.30. The minimum absolute atomic E-state index is 0.0436. The number of hydrogen-bond acceptors (Lipinski definition) is 3. The fourth-order valence-electron chi connectivity index (χ4n) is 1.95. The Morgan fingerprint density at radius 1 is 1.47 bits per heavy atom. The highest BCUT2D eigenvalue weighted by molar-refractivity contribution is 9.10. The minimum atomic E-state index is -0.396. The number of aliphatic hydroxyl groups is 1. The number of benzene rings is 1. The molecule has 2 rings (SSSR count). The molecule has 4 heteroatoms. The van der Waals surface area contributed by atoms with Crippen molar-refractivity contribution in [2.45, 2.75) is 38.6 Å². The summed E-state index contributed by atoms with van der Waals surface area (Å²) in [5, 5.41) is 9.60. The van der Waals surface area contributed by atoms with Crippen LogP contribution in [-0.2, 0) is 4.74 Å². The van der Waals surface area contributed by atoms with Crippen molar-refractivity contribution in [2.24, 2.45) is 0 Å². The lowest BCUT2D eigenvalue weighted by molar-refractivity contribution is -0.160. The molecule has 0 aliphatic heterocycles. The summed E-state index contributed by atoms with van der Waals surface area (Å²) in [6.45, 7) is 4.53. The van der Waals surface area contributed by atoms with Crippen molar-refractivity contribution in [3.05, 3.63) is 28.2 Å². The van der Waals surface area contributed by atoms with Crippen molar-refractivity contribution in [1.82, 2.24) is 0 Å². The summed E-state index contributed by atoms with van der Waals surface area (Å²) in [7, 11) is 0. The van der Waals surface area contributed by atoms with E-state index in [-0.39, 0.29) is 12.2 Å². The summed E-state index contributed by atoms with van der Waals surface area (Å²) in [6.07, 6.45) is 0.000110. The van der Waals surface area contributed by atoms with Crippen LogP contribution in [0.25, 0.3) is 0 Å². The highest BCUT2D eigenvalue weighted by Gasteiger charge is 2.42. The average molecular weight is 301 g/mol. The minimum Gasteiger partial charge on any atom is -0.487 e. The molecular formula is C13H17BrO3. The molecule has 0 amide bonds. The van der Waals surface area contributed by atoms with Crippen molar-refractivity contribution < 1.29 is 14.6 Å². The van der Waals surface area contributed by atoms with Gasteiger partial charge in [-0.25, -0.2) is 0 Å². The Kier molecular flexibility index (Phi) is 4.07. The quantitative estimate of drug-likeness (QED) is 0.929. The molecular weight excluding hydrogens is 284 g/mol. The Balaban J connectivity index is 2.03.